The number of nitrogens with zero attached hydrogens (tertiary/aromatic N) is 2. The maximum Gasteiger partial charge on any atom is 0.325 e. The lowest BCUT2D eigenvalue weighted by Gasteiger charge is -2.05. The third-order valence-electron chi connectivity index (χ3n) is 2.87. The number of benzene rings is 1. The van der Waals surface area contributed by atoms with Gasteiger partial charge in [-0.15, -0.1) is 0 Å². The van der Waals surface area contributed by atoms with E-state index >= 15 is 0 Å². The molecule has 112 valence electrons. The van der Waals surface area contributed by atoms with E-state index in [9.17, 15) is 9.59 Å². The van der Waals surface area contributed by atoms with Crippen LogP contribution in [0.2, 0.25) is 5.02 Å². The van der Waals surface area contributed by atoms with Crippen LogP contribution in [0.15, 0.2) is 23.2 Å². The molecule has 7 heteroatoms. The summed E-state index contributed by atoms with van der Waals surface area (Å²) >= 11 is 7.53. The first-order valence-corrected chi connectivity index (χ1v) is 7.56. The average Bonchev–Trinajstić information content (AvgIpc) is 2.77. The van der Waals surface area contributed by atoms with E-state index in [0.29, 0.717) is 15.3 Å². The van der Waals surface area contributed by atoms with Crippen LogP contribution in [0.1, 0.15) is 13.8 Å². The number of amides is 1. The number of rotatable bonds is 3. The standard InChI is InChI=1S/C14H15ClN2O3S/c1-8(2)13(19)16-14-17(7-11(18)20-3)12-9(15)5-4-6-10(12)21-14/h4-6,8H,7H2,1-3H3. The van der Waals surface area contributed by atoms with Gasteiger partial charge in [0.25, 0.3) is 5.91 Å². The molecule has 0 fully saturated rings. The van der Waals surface area contributed by atoms with Gasteiger partial charge in [0.2, 0.25) is 0 Å². The summed E-state index contributed by atoms with van der Waals surface area (Å²) in [6, 6.07) is 5.43. The molecule has 1 heterocycles. The highest BCUT2D eigenvalue weighted by atomic mass is 35.5. The molecule has 0 aliphatic carbocycles. The lowest BCUT2D eigenvalue weighted by atomic mass is 10.2. The minimum Gasteiger partial charge on any atom is -0.468 e. The number of hydrogen-bond acceptors (Lipinski definition) is 4. The molecule has 1 aromatic heterocycles. The molecule has 0 unspecified atom stereocenters. The fourth-order valence-electron chi connectivity index (χ4n) is 1.74. The van der Waals surface area contributed by atoms with Crippen LogP contribution in [0.5, 0.6) is 0 Å². The third kappa shape index (κ3) is 3.33. The Kier molecular flexibility index (Phi) is 4.80. The zero-order valence-electron chi connectivity index (χ0n) is 11.9. The number of halogens is 1. The fraction of sp³-hybridized carbons (Fsp3) is 0.357. The van der Waals surface area contributed by atoms with E-state index in [1.54, 1.807) is 24.5 Å². The Balaban J connectivity index is 2.69. The van der Waals surface area contributed by atoms with Crippen LogP contribution in [0.25, 0.3) is 10.2 Å². The molecule has 0 bridgehead atoms. The Morgan fingerprint density at radius 3 is 2.76 bits per heavy atom. The van der Waals surface area contributed by atoms with Gasteiger partial charge in [-0.2, -0.15) is 4.99 Å². The van der Waals surface area contributed by atoms with Crippen molar-refractivity contribution in [1.29, 1.82) is 0 Å². The summed E-state index contributed by atoms with van der Waals surface area (Å²) in [4.78, 5) is 28.0. The summed E-state index contributed by atoms with van der Waals surface area (Å²) in [7, 11) is 1.31. The highest BCUT2D eigenvalue weighted by Gasteiger charge is 2.14. The number of thiazole rings is 1. The number of para-hydroxylation sites is 1. The maximum atomic E-state index is 11.9. The highest BCUT2D eigenvalue weighted by molar-refractivity contribution is 7.16. The molecule has 0 aliphatic rings. The Morgan fingerprint density at radius 2 is 2.14 bits per heavy atom. The number of carbonyl (C=O) groups excluding carboxylic acids is 2. The third-order valence-corrected chi connectivity index (χ3v) is 4.22. The van der Waals surface area contributed by atoms with Crippen molar-refractivity contribution < 1.29 is 14.3 Å². The molecular weight excluding hydrogens is 312 g/mol. The number of esters is 1. The van der Waals surface area contributed by atoms with Gasteiger partial charge in [-0.25, -0.2) is 0 Å². The van der Waals surface area contributed by atoms with E-state index in [1.165, 1.54) is 18.4 Å². The summed E-state index contributed by atoms with van der Waals surface area (Å²) in [6.45, 7) is 3.51. The van der Waals surface area contributed by atoms with Gasteiger partial charge in [-0.3, -0.25) is 9.59 Å². The molecular formula is C14H15ClN2O3S. The number of hydrogen-bond donors (Lipinski definition) is 0. The van der Waals surface area contributed by atoms with Crippen LogP contribution >= 0.6 is 22.9 Å². The molecule has 1 aromatic carbocycles. The molecule has 1 amide bonds. The van der Waals surface area contributed by atoms with Crippen LogP contribution < -0.4 is 4.80 Å². The molecule has 0 saturated heterocycles. The largest absolute Gasteiger partial charge is 0.468 e. The van der Waals surface area contributed by atoms with E-state index in [1.807, 2.05) is 12.1 Å². The average molecular weight is 327 g/mol. The highest BCUT2D eigenvalue weighted by Crippen LogP contribution is 2.25. The normalized spacial score (nSPS) is 12.1. The van der Waals surface area contributed by atoms with E-state index in [0.717, 1.165) is 4.70 Å². The second-order valence-corrected chi connectivity index (χ2v) is 6.15. The van der Waals surface area contributed by atoms with Gasteiger partial charge < -0.3 is 9.30 Å². The lowest BCUT2D eigenvalue weighted by Crippen LogP contribution is -2.23. The molecule has 0 aliphatic heterocycles. The van der Waals surface area contributed by atoms with Crippen molar-refractivity contribution in [3.63, 3.8) is 0 Å². The second kappa shape index (κ2) is 6.41. The van der Waals surface area contributed by atoms with Gasteiger partial charge in [-0.1, -0.05) is 42.9 Å². The molecule has 2 aromatic rings. The van der Waals surface area contributed by atoms with Crippen LogP contribution in [0.3, 0.4) is 0 Å². The maximum absolute atomic E-state index is 11.9. The van der Waals surface area contributed by atoms with Crippen LogP contribution in [-0.4, -0.2) is 23.6 Å². The first-order chi connectivity index (χ1) is 9.93. The zero-order chi connectivity index (χ0) is 15.6. The summed E-state index contributed by atoms with van der Waals surface area (Å²) in [5, 5.41) is 0.506. The molecule has 0 atom stereocenters. The molecule has 0 radical (unpaired) electrons. The van der Waals surface area contributed by atoms with E-state index < -0.39 is 5.97 Å². The quantitative estimate of drug-likeness (QED) is 0.815. The minimum absolute atomic E-state index is 0.0373. The van der Waals surface area contributed by atoms with E-state index in [-0.39, 0.29) is 18.4 Å². The smallest absolute Gasteiger partial charge is 0.325 e. The molecule has 5 nitrogen and oxygen atoms in total. The minimum atomic E-state index is -0.423. The van der Waals surface area contributed by atoms with Crippen LogP contribution in [0.4, 0.5) is 0 Å². The summed E-state index contributed by atoms with van der Waals surface area (Å²) < 4.78 is 7.18. The van der Waals surface area contributed by atoms with Gasteiger partial charge in [0, 0.05) is 5.92 Å². The van der Waals surface area contributed by atoms with Gasteiger partial charge in [0.1, 0.15) is 6.54 Å². The predicted octanol–water partition coefficient (Wildman–Crippen LogP) is 2.61. The van der Waals surface area contributed by atoms with Crippen molar-refractivity contribution in [3.8, 4) is 0 Å². The van der Waals surface area contributed by atoms with Gasteiger partial charge >= 0.3 is 5.97 Å². The number of methoxy groups -OCH3 is 1. The van der Waals surface area contributed by atoms with Crippen LogP contribution in [0, 0.1) is 5.92 Å². The van der Waals surface area contributed by atoms with Crippen molar-refractivity contribution in [1.82, 2.24) is 4.57 Å². The SMILES string of the molecule is COC(=O)Cn1c(=NC(=O)C(C)C)sc2cccc(Cl)c21. The van der Waals surface area contributed by atoms with Crippen molar-refractivity contribution in [2.75, 3.05) is 7.11 Å². The van der Waals surface area contributed by atoms with Crippen molar-refractivity contribution >= 4 is 45.0 Å². The van der Waals surface area contributed by atoms with E-state index in [2.05, 4.69) is 4.99 Å². The Morgan fingerprint density at radius 1 is 1.43 bits per heavy atom. The lowest BCUT2D eigenvalue weighted by molar-refractivity contribution is -0.141. The molecule has 0 spiro atoms. The summed E-state index contributed by atoms with van der Waals surface area (Å²) in [6.07, 6.45) is 0. The Bertz CT molecular complexity index is 761. The van der Waals surface area contributed by atoms with E-state index in [4.69, 9.17) is 16.3 Å². The Hall–Kier alpha value is -1.66. The molecule has 0 N–H and O–H groups in total. The fourth-order valence-corrected chi connectivity index (χ4v) is 3.13. The topological polar surface area (TPSA) is 60.7 Å². The van der Waals surface area contributed by atoms with Crippen molar-refractivity contribution in [2.45, 2.75) is 20.4 Å². The molecule has 0 saturated carbocycles. The van der Waals surface area contributed by atoms with Crippen LogP contribution in [-0.2, 0) is 20.9 Å². The number of ether oxygens (including phenoxy) is 1. The van der Waals surface area contributed by atoms with Crippen molar-refractivity contribution in [3.05, 3.63) is 28.0 Å². The number of fused-ring (bicyclic) bond motifs is 1. The van der Waals surface area contributed by atoms with Gasteiger partial charge in [-0.05, 0) is 12.1 Å². The number of carbonyl (C=O) groups is 2. The molecule has 2 rings (SSSR count). The number of aromatic nitrogens is 1. The summed E-state index contributed by atoms with van der Waals surface area (Å²) in [5.74, 6) is -0.873. The first kappa shape index (κ1) is 15.7. The van der Waals surface area contributed by atoms with Gasteiger partial charge in [0.05, 0.1) is 22.3 Å². The van der Waals surface area contributed by atoms with Crippen molar-refractivity contribution in [2.24, 2.45) is 10.9 Å². The predicted molar refractivity (Wildman–Crippen MR) is 82.2 cm³/mol. The second-order valence-electron chi connectivity index (χ2n) is 4.74. The Labute approximate surface area is 130 Å². The molecule has 21 heavy (non-hydrogen) atoms. The monoisotopic (exact) mass is 326 g/mol. The zero-order valence-corrected chi connectivity index (χ0v) is 13.5. The van der Waals surface area contributed by atoms with Gasteiger partial charge in [0.15, 0.2) is 4.80 Å². The summed E-state index contributed by atoms with van der Waals surface area (Å²) in [5.41, 5.74) is 0.685. The first-order valence-electron chi connectivity index (χ1n) is 6.37.